The van der Waals surface area contributed by atoms with E-state index in [0.717, 1.165) is 5.56 Å². The van der Waals surface area contributed by atoms with E-state index in [4.69, 9.17) is 23.2 Å². The second-order valence-electron chi connectivity index (χ2n) is 12.3. The van der Waals surface area contributed by atoms with Crippen LogP contribution in [0.5, 0.6) is 0 Å². The zero-order valence-electron chi connectivity index (χ0n) is 21.3. The molecule has 0 bridgehead atoms. The molecule has 6 nitrogen and oxygen atoms in total. The summed E-state index contributed by atoms with van der Waals surface area (Å²) < 4.78 is 14.7. The Morgan fingerprint density at radius 3 is 2.49 bits per heavy atom. The Morgan fingerprint density at radius 2 is 1.86 bits per heavy atom. The maximum absolute atomic E-state index is 14.7. The summed E-state index contributed by atoms with van der Waals surface area (Å²) >= 11 is 12.6. The Morgan fingerprint density at radius 1 is 1.16 bits per heavy atom. The molecule has 37 heavy (non-hydrogen) atoms. The van der Waals surface area contributed by atoms with Gasteiger partial charge in [-0.25, -0.2) is 4.39 Å². The molecule has 2 aromatic rings. The van der Waals surface area contributed by atoms with Crippen LogP contribution in [0.25, 0.3) is 0 Å². The molecule has 0 radical (unpaired) electrons. The van der Waals surface area contributed by atoms with Gasteiger partial charge in [0.2, 0.25) is 11.8 Å². The zero-order chi connectivity index (χ0) is 26.9. The highest BCUT2D eigenvalue weighted by molar-refractivity contribution is 6.31. The van der Waals surface area contributed by atoms with E-state index in [1.807, 2.05) is 6.07 Å². The van der Waals surface area contributed by atoms with Crippen LogP contribution in [0, 0.1) is 11.2 Å². The molecule has 2 aliphatic heterocycles. The molecule has 4 N–H and O–H groups in total. The molecule has 1 spiro atoms. The average molecular weight is 548 g/mol. The van der Waals surface area contributed by atoms with Gasteiger partial charge in [-0.1, -0.05) is 50.0 Å². The third-order valence-electron chi connectivity index (χ3n) is 7.87. The lowest BCUT2D eigenvalue weighted by Crippen LogP contribution is -2.57. The minimum Gasteiger partial charge on any atom is -0.390 e. The van der Waals surface area contributed by atoms with E-state index in [9.17, 15) is 19.1 Å². The molecule has 9 heteroatoms. The molecule has 4 atom stereocenters. The number of hydrogen-bond donors (Lipinski definition) is 4. The van der Waals surface area contributed by atoms with Crippen LogP contribution in [0.4, 0.5) is 10.1 Å². The van der Waals surface area contributed by atoms with E-state index in [1.54, 1.807) is 25.1 Å². The van der Waals surface area contributed by atoms with Crippen LogP contribution in [-0.2, 0) is 15.0 Å². The highest BCUT2D eigenvalue weighted by Crippen LogP contribution is 2.57. The highest BCUT2D eigenvalue weighted by atomic mass is 35.5. The summed E-state index contributed by atoms with van der Waals surface area (Å²) in [7, 11) is 0. The Balaban J connectivity index is 1.68. The Labute approximate surface area is 226 Å². The van der Waals surface area contributed by atoms with Crippen LogP contribution in [0.15, 0.2) is 36.4 Å². The van der Waals surface area contributed by atoms with Gasteiger partial charge in [-0.3, -0.25) is 9.59 Å². The van der Waals surface area contributed by atoms with Crippen molar-refractivity contribution in [3.8, 4) is 0 Å². The lowest BCUT2D eigenvalue weighted by molar-refractivity contribution is -0.127. The van der Waals surface area contributed by atoms with Crippen LogP contribution < -0.4 is 16.0 Å². The summed E-state index contributed by atoms with van der Waals surface area (Å²) in [6.07, 6.45) is 1.46. The van der Waals surface area contributed by atoms with Gasteiger partial charge >= 0.3 is 0 Å². The number of carbonyl (C=O) groups is 2. The van der Waals surface area contributed by atoms with Crippen molar-refractivity contribution in [3.63, 3.8) is 0 Å². The second-order valence-corrected chi connectivity index (χ2v) is 13.1. The number of halogens is 3. The standard InChI is InChI=1S/C28H32Cl2FN3O3/c1-26(2,3)13-21-28(19-6-5-15(29)10-20(19)33-25(28)36)22(14-7-16(30)9-17(31)8-14)23(34-21)24(35)32-18-11-27(4,37)12-18/h5-10,18,21-23,34,37H,11-13H2,1-4H3,(H,32,35)(H,33,36)/t18-,21-,22-,23+,27+,28+/m0/s1. The van der Waals surface area contributed by atoms with Crippen LogP contribution in [0.2, 0.25) is 10.0 Å². The van der Waals surface area contributed by atoms with E-state index < -0.39 is 34.8 Å². The molecular formula is C28H32Cl2FN3O3. The normalized spacial score (nSPS) is 32.7. The summed E-state index contributed by atoms with van der Waals surface area (Å²) in [5.74, 6) is -1.85. The van der Waals surface area contributed by atoms with Crippen molar-refractivity contribution < 1.29 is 19.1 Å². The summed E-state index contributed by atoms with van der Waals surface area (Å²) in [4.78, 5) is 27.9. The van der Waals surface area contributed by atoms with Gasteiger partial charge in [0, 0.05) is 33.7 Å². The number of carbonyl (C=O) groups excluding carboxylic acids is 2. The smallest absolute Gasteiger partial charge is 0.238 e. The lowest BCUT2D eigenvalue weighted by atomic mass is 9.62. The quantitative estimate of drug-likeness (QED) is 0.437. The fourth-order valence-electron chi connectivity index (χ4n) is 6.57. The molecule has 3 aliphatic rings. The molecular weight excluding hydrogens is 516 g/mol. The number of rotatable bonds is 4. The molecule has 2 amide bonds. The summed E-state index contributed by atoms with van der Waals surface area (Å²) in [5.41, 5.74) is -0.444. The summed E-state index contributed by atoms with van der Waals surface area (Å²) in [6, 6.07) is 7.99. The topological polar surface area (TPSA) is 90.5 Å². The van der Waals surface area contributed by atoms with Crippen LogP contribution >= 0.6 is 23.2 Å². The molecule has 198 valence electrons. The van der Waals surface area contributed by atoms with Crippen molar-refractivity contribution in [1.29, 1.82) is 0 Å². The van der Waals surface area contributed by atoms with Gasteiger partial charge in [0.15, 0.2) is 0 Å². The first-order chi connectivity index (χ1) is 17.2. The van der Waals surface area contributed by atoms with Crippen LogP contribution in [-0.4, -0.2) is 40.6 Å². The number of nitrogens with one attached hydrogen (secondary N) is 3. The maximum atomic E-state index is 14.7. The third kappa shape index (κ3) is 4.65. The van der Waals surface area contributed by atoms with Crippen LogP contribution in [0.3, 0.4) is 0 Å². The number of benzene rings is 2. The largest absolute Gasteiger partial charge is 0.390 e. The van der Waals surface area contributed by atoms with E-state index in [2.05, 4.69) is 36.7 Å². The van der Waals surface area contributed by atoms with Gasteiger partial charge in [-0.05, 0) is 73.1 Å². The SMILES string of the molecule is CC(C)(C)C[C@@H]1N[C@@H](C(=O)N[C@H]2C[C@@](C)(O)C2)[C@H](c2cc(F)cc(Cl)c2)[C@]12C(=O)Nc1cc(Cl)ccc12. The Kier molecular flexibility index (Phi) is 6.38. The molecule has 0 aromatic heterocycles. The van der Waals surface area contributed by atoms with Crippen molar-refractivity contribution in [2.24, 2.45) is 5.41 Å². The summed E-state index contributed by atoms with van der Waals surface area (Å²) in [5, 5.41) is 20.4. The molecule has 0 unspecified atom stereocenters. The van der Waals surface area contributed by atoms with Gasteiger partial charge in [0.1, 0.15) is 11.2 Å². The van der Waals surface area contributed by atoms with Gasteiger partial charge in [-0.2, -0.15) is 0 Å². The number of hydrogen-bond acceptors (Lipinski definition) is 4. The predicted octanol–water partition coefficient (Wildman–Crippen LogP) is 4.91. The fraction of sp³-hybridized carbons (Fsp3) is 0.500. The van der Waals surface area contributed by atoms with Crippen molar-refractivity contribution in [2.45, 2.75) is 82.0 Å². The second kappa shape index (κ2) is 8.94. The van der Waals surface area contributed by atoms with Crippen molar-refractivity contribution in [2.75, 3.05) is 5.32 Å². The van der Waals surface area contributed by atoms with Crippen LogP contribution in [0.1, 0.15) is 64.0 Å². The molecule has 1 saturated carbocycles. The average Bonchev–Trinajstić information content (AvgIpc) is 3.20. The minimum absolute atomic E-state index is 0.179. The van der Waals surface area contributed by atoms with Crippen molar-refractivity contribution in [3.05, 3.63) is 63.4 Å². The number of amides is 2. The highest BCUT2D eigenvalue weighted by Gasteiger charge is 2.66. The fourth-order valence-corrected chi connectivity index (χ4v) is 6.97. The van der Waals surface area contributed by atoms with Gasteiger partial charge in [0.25, 0.3) is 0 Å². The minimum atomic E-state index is -1.21. The van der Waals surface area contributed by atoms with E-state index >= 15 is 0 Å². The zero-order valence-corrected chi connectivity index (χ0v) is 22.8. The van der Waals surface area contributed by atoms with Crippen molar-refractivity contribution in [1.82, 2.24) is 10.6 Å². The first kappa shape index (κ1) is 26.4. The van der Waals surface area contributed by atoms with E-state index in [0.29, 0.717) is 35.5 Å². The monoisotopic (exact) mass is 547 g/mol. The Hall–Kier alpha value is -2.19. The van der Waals surface area contributed by atoms with Crippen molar-refractivity contribution >= 4 is 40.7 Å². The Bertz CT molecular complexity index is 1250. The molecule has 2 fully saturated rings. The number of aliphatic hydroxyl groups is 1. The van der Waals surface area contributed by atoms with E-state index in [1.165, 1.54) is 12.1 Å². The maximum Gasteiger partial charge on any atom is 0.238 e. The molecule has 1 saturated heterocycles. The molecule has 2 aromatic carbocycles. The third-order valence-corrected chi connectivity index (χ3v) is 8.32. The van der Waals surface area contributed by atoms with Gasteiger partial charge in [0.05, 0.1) is 11.6 Å². The predicted molar refractivity (Wildman–Crippen MR) is 142 cm³/mol. The van der Waals surface area contributed by atoms with E-state index in [-0.39, 0.29) is 28.3 Å². The number of anilines is 1. The van der Waals surface area contributed by atoms with Gasteiger partial charge < -0.3 is 21.1 Å². The molecule has 5 rings (SSSR count). The number of fused-ring (bicyclic) bond motifs is 2. The first-order valence-corrected chi connectivity index (χ1v) is 13.3. The molecule has 2 heterocycles. The molecule has 1 aliphatic carbocycles. The van der Waals surface area contributed by atoms with Gasteiger partial charge in [-0.15, -0.1) is 0 Å². The summed E-state index contributed by atoms with van der Waals surface area (Å²) in [6.45, 7) is 7.97. The first-order valence-electron chi connectivity index (χ1n) is 12.6. The lowest BCUT2D eigenvalue weighted by Gasteiger charge is -2.42.